The standard InChI is InChI=1S/C27H31ClO8/c1-15-24(14-33-16(2)29)36-26(27(35-18(4)31)25(15)34-17(3)30)20-8-11-23(28)21(13-20)12-19-6-9-22(32-5)10-7-19/h6-11,13,15,24-27H,12,14H2,1-5H3/t15-,24-,25+,26+,27-/m1/s1. The lowest BCUT2D eigenvalue weighted by molar-refractivity contribution is -0.232. The third kappa shape index (κ3) is 6.98. The third-order valence-electron chi connectivity index (χ3n) is 6.06. The summed E-state index contributed by atoms with van der Waals surface area (Å²) in [5.74, 6) is -1.18. The average molecular weight is 519 g/mol. The summed E-state index contributed by atoms with van der Waals surface area (Å²) in [6.07, 6.45) is -2.57. The van der Waals surface area contributed by atoms with Crippen LogP contribution >= 0.6 is 11.6 Å². The van der Waals surface area contributed by atoms with Crippen LogP contribution in [0.3, 0.4) is 0 Å². The fraction of sp³-hybridized carbons (Fsp3) is 0.444. The van der Waals surface area contributed by atoms with Crippen molar-refractivity contribution in [2.45, 2.75) is 58.5 Å². The van der Waals surface area contributed by atoms with Crippen molar-refractivity contribution in [3.8, 4) is 5.75 Å². The summed E-state index contributed by atoms with van der Waals surface area (Å²) in [5, 5.41) is 0.566. The molecule has 9 heteroatoms. The monoisotopic (exact) mass is 518 g/mol. The number of hydrogen-bond donors (Lipinski definition) is 0. The Labute approximate surface area is 215 Å². The van der Waals surface area contributed by atoms with E-state index >= 15 is 0 Å². The van der Waals surface area contributed by atoms with Crippen LogP contribution in [0.25, 0.3) is 0 Å². The van der Waals surface area contributed by atoms with Gasteiger partial charge in [-0.05, 0) is 41.3 Å². The van der Waals surface area contributed by atoms with Crippen molar-refractivity contribution in [1.29, 1.82) is 0 Å². The van der Waals surface area contributed by atoms with Crippen molar-refractivity contribution >= 4 is 29.5 Å². The highest BCUT2D eigenvalue weighted by molar-refractivity contribution is 6.31. The van der Waals surface area contributed by atoms with Crippen molar-refractivity contribution in [1.82, 2.24) is 0 Å². The summed E-state index contributed by atoms with van der Waals surface area (Å²) in [7, 11) is 1.61. The molecule has 1 aliphatic heterocycles. The molecule has 0 saturated carbocycles. The first-order valence-corrected chi connectivity index (χ1v) is 12.0. The van der Waals surface area contributed by atoms with Gasteiger partial charge in [0.1, 0.15) is 24.6 Å². The molecule has 0 spiro atoms. The van der Waals surface area contributed by atoms with Crippen molar-refractivity contribution < 1.29 is 38.1 Å². The topological polar surface area (TPSA) is 97.4 Å². The summed E-state index contributed by atoms with van der Waals surface area (Å²) in [6, 6.07) is 13.1. The van der Waals surface area contributed by atoms with Crippen LogP contribution in [0.2, 0.25) is 5.02 Å². The molecule has 2 aromatic carbocycles. The summed E-state index contributed by atoms with van der Waals surface area (Å²) in [4.78, 5) is 35.4. The van der Waals surface area contributed by atoms with E-state index in [1.54, 1.807) is 26.2 Å². The predicted octanol–water partition coefficient (Wildman–Crippen LogP) is 4.44. The molecular formula is C27H31ClO8. The molecule has 0 N–H and O–H groups in total. The van der Waals surface area contributed by atoms with Crippen molar-refractivity contribution in [3.05, 3.63) is 64.2 Å². The molecule has 3 rings (SSSR count). The molecule has 0 radical (unpaired) electrons. The van der Waals surface area contributed by atoms with Gasteiger partial charge in [-0.25, -0.2) is 0 Å². The Bertz CT molecular complexity index is 1080. The number of hydrogen-bond acceptors (Lipinski definition) is 8. The Hall–Kier alpha value is -3.10. The molecule has 194 valence electrons. The first kappa shape index (κ1) is 27.5. The fourth-order valence-corrected chi connectivity index (χ4v) is 4.47. The second-order valence-electron chi connectivity index (χ2n) is 8.78. The zero-order valence-electron chi connectivity index (χ0n) is 21.0. The molecule has 36 heavy (non-hydrogen) atoms. The molecule has 1 saturated heterocycles. The highest BCUT2D eigenvalue weighted by atomic mass is 35.5. The lowest BCUT2D eigenvalue weighted by Crippen LogP contribution is -2.54. The Morgan fingerprint density at radius 3 is 2.14 bits per heavy atom. The maximum absolute atomic E-state index is 12.0. The van der Waals surface area contributed by atoms with Crippen LogP contribution in [0.4, 0.5) is 0 Å². The van der Waals surface area contributed by atoms with Gasteiger partial charge in [0.25, 0.3) is 0 Å². The molecule has 1 fully saturated rings. The van der Waals surface area contributed by atoms with Crippen LogP contribution in [0.15, 0.2) is 42.5 Å². The summed E-state index contributed by atoms with van der Waals surface area (Å²) in [6.45, 7) is 5.64. The highest BCUT2D eigenvalue weighted by Gasteiger charge is 2.48. The Morgan fingerprint density at radius 2 is 1.56 bits per heavy atom. The number of halogens is 1. The van der Waals surface area contributed by atoms with Gasteiger partial charge in [0, 0.05) is 31.7 Å². The zero-order chi connectivity index (χ0) is 26.4. The van der Waals surface area contributed by atoms with E-state index in [-0.39, 0.29) is 6.61 Å². The van der Waals surface area contributed by atoms with E-state index in [4.69, 9.17) is 35.3 Å². The quantitative estimate of drug-likeness (QED) is 0.373. The summed E-state index contributed by atoms with van der Waals surface area (Å²) in [5.41, 5.74) is 2.55. The third-order valence-corrected chi connectivity index (χ3v) is 6.42. The second kappa shape index (κ2) is 12.2. The van der Waals surface area contributed by atoms with Crippen molar-refractivity contribution in [3.63, 3.8) is 0 Å². The van der Waals surface area contributed by atoms with Crippen molar-refractivity contribution in [2.75, 3.05) is 13.7 Å². The number of benzene rings is 2. The number of carbonyl (C=O) groups excluding carboxylic acids is 3. The first-order valence-electron chi connectivity index (χ1n) is 11.6. The molecule has 1 aliphatic rings. The SMILES string of the molecule is COc1ccc(Cc2cc([C@@H]3O[C@H](COC(C)=O)[C@@H](C)[C@H](OC(C)=O)[C@H]3OC(C)=O)ccc2Cl)cc1. The van der Waals surface area contributed by atoms with E-state index in [9.17, 15) is 14.4 Å². The maximum atomic E-state index is 12.0. The zero-order valence-corrected chi connectivity index (χ0v) is 21.7. The van der Waals surface area contributed by atoms with Gasteiger partial charge >= 0.3 is 17.9 Å². The highest BCUT2D eigenvalue weighted by Crippen LogP contribution is 2.40. The minimum Gasteiger partial charge on any atom is -0.497 e. The molecular weight excluding hydrogens is 488 g/mol. The number of ether oxygens (including phenoxy) is 5. The van der Waals surface area contributed by atoms with Gasteiger partial charge in [-0.3, -0.25) is 14.4 Å². The lowest BCUT2D eigenvalue weighted by atomic mass is 9.85. The first-order chi connectivity index (χ1) is 17.1. The van der Waals surface area contributed by atoms with Crippen LogP contribution < -0.4 is 4.74 Å². The molecule has 0 bridgehead atoms. The molecule has 2 aromatic rings. The van der Waals surface area contributed by atoms with E-state index < -0.39 is 48.2 Å². The second-order valence-corrected chi connectivity index (χ2v) is 9.19. The smallest absolute Gasteiger partial charge is 0.303 e. The number of methoxy groups -OCH3 is 1. The number of esters is 3. The number of rotatable bonds is 8. The van der Waals surface area contributed by atoms with E-state index in [0.29, 0.717) is 17.0 Å². The van der Waals surface area contributed by atoms with Crippen LogP contribution in [0.5, 0.6) is 5.75 Å². The van der Waals surface area contributed by atoms with E-state index in [1.165, 1.54) is 20.8 Å². The van der Waals surface area contributed by atoms with E-state index in [1.807, 2.05) is 30.3 Å². The fourth-order valence-electron chi connectivity index (χ4n) is 4.29. The van der Waals surface area contributed by atoms with E-state index in [2.05, 4.69) is 0 Å². The van der Waals surface area contributed by atoms with Crippen LogP contribution in [0.1, 0.15) is 50.5 Å². The van der Waals surface area contributed by atoms with Gasteiger partial charge in [0.2, 0.25) is 0 Å². The van der Waals surface area contributed by atoms with Crippen LogP contribution in [-0.4, -0.2) is 49.9 Å². The van der Waals surface area contributed by atoms with Gasteiger partial charge in [0.05, 0.1) is 13.2 Å². The Kier molecular flexibility index (Phi) is 9.34. The maximum Gasteiger partial charge on any atom is 0.303 e. The van der Waals surface area contributed by atoms with Gasteiger partial charge in [-0.1, -0.05) is 42.8 Å². The van der Waals surface area contributed by atoms with Crippen LogP contribution in [0, 0.1) is 5.92 Å². The Balaban J connectivity index is 1.98. The van der Waals surface area contributed by atoms with Gasteiger partial charge < -0.3 is 23.7 Å². The molecule has 0 aromatic heterocycles. The molecule has 8 nitrogen and oxygen atoms in total. The largest absolute Gasteiger partial charge is 0.497 e. The molecule has 1 heterocycles. The molecule has 0 unspecified atom stereocenters. The van der Waals surface area contributed by atoms with Crippen LogP contribution in [-0.2, 0) is 39.8 Å². The number of carbonyl (C=O) groups is 3. The minimum absolute atomic E-state index is 0.0378. The molecule has 0 amide bonds. The van der Waals surface area contributed by atoms with Gasteiger partial charge in [-0.15, -0.1) is 0 Å². The normalized spacial score (nSPS) is 23.4. The molecule has 0 aliphatic carbocycles. The minimum atomic E-state index is -0.912. The average Bonchev–Trinajstić information content (AvgIpc) is 2.82. The molecule has 5 atom stereocenters. The van der Waals surface area contributed by atoms with Gasteiger partial charge in [0.15, 0.2) is 6.10 Å². The van der Waals surface area contributed by atoms with E-state index in [0.717, 1.165) is 16.9 Å². The predicted molar refractivity (Wildman–Crippen MR) is 132 cm³/mol. The van der Waals surface area contributed by atoms with Crippen molar-refractivity contribution in [2.24, 2.45) is 5.92 Å². The Morgan fingerprint density at radius 1 is 0.917 bits per heavy atom. The summed E-state index contributed by atoms with van der Waals surface area (Å²) >= 11 is 6.52. The summed E-state index contributed by atoms with van der Waals surface area (Å²) < 4.78 is 28.0. The lowest BCUT2D eigenvalue weighted by Gasteiger charge is -2.44. The van der Waals surface area contributed by atoms with Gasteiger partial charge in [-0.2, -0.15) is 0 Å².